The summed E-state index contributed by atoms with van der Waals surface area (Å²) in [5, 5.41) is 14.7. The summed E-state index contributed by atoms with van der Waals surface area (Å²) in [5.74, 6) is -0.761. The molecule has 4 rings (SSSR count). The van der Waals surface area contributed by atoms with Gasteiger partial charge in [0.2, 0.25) is 0 Å². The molecule has 0 saturated carbocycles. The van der Waals surface area contributed by atoms with E-state index in [4.69, 9.17) is 24.8 Å². The normalized spacial score (nSPS) is 28.7. The second kappa shape index (κ2) is 6.32. The minimum atomic E-state index is -1.26. The molecule has 2 fully saturated rings. The Balaban J connectivity index is 1.72. The molecule has 2 aliphatic rings. The van der Waals surface area contributed by atoms with Gasteiger partial charge in [0, 0.05) is 4.91 Å². The standard InChI is InChI=1S/C14H16N8O5/c1-14(2)26-8-6(3-19-21-15)25-12(9(8)27-14)22-5-18-7-10(20-13(23)24)16-4-17-11(7)22/h4-6,8-9,12H,3H2,1-2H3,(H,23,24)(H,16,17,20)/t6-,8-,9-,12-/m1/s1. The van der Waals surface area contributed by atoms with E-state index < -0.39 is 36.4 Å². The summed E-state index contributed by atoms with van der Waals surface area (Å²) in [7, 11) is 0. The van der Waals surface area contributed by atoms with Crippen LogP contribution in [0.15, 0.2) is 17.8 Å². The maximum absolute atomic E-state index is 10.9. The Kier molecular flexibility index (Phi) is 4.08. The molecule has 2 aromatic rings. The molecule has 13 nitrogen and oxygen atoms in total. The van der Waals surface area contributed by atoms with Gasteiger partial charge in [-0.3, -0.25) is 9.88 Å². The first-order valence-electron chi connectivity index (χ1n) is 8.09. The van der Waals surface area contributed by atoms with E-state index in [1.54, 1.807) is 18.4 Å². The van der Waals surface area contributed by atoms with Crippen molar-refractivity contribution in [2.45, 2.75) is 44.2 Å². The first-order valence-corrected chi connectivity index (χ1v) is 8.09. The van der Waals surface area contributed by atoms with Crippen LogP contribution in [-0.2, 0) is 14.2 Å². The molecule has 13 heteroatoms. The molecule has 1 amide bonds. The van der Waals surface area contributed by atoms with E-state index in [2.05, 4.69) is 30.3 Å². The van der Waals surface area contributed by atoms with E-state index in [1.165, 1.54) is 12.7 Å². The summed E-state index contributed by atoms with van der Waals surface area (Å²) in [4.78, 5) is 26.0. The number of azide groups is 1. The Bertz CT molecular complexity index is 939. The zero-order chi connectivity index (χ0) is 19.2. The molecule has 4 atom stereocenters. The highest BCUT2D eigenvalue weighted by molar-refractivity contribution is 5.92. The molecule has 2 aromatic heterocycles. The van der Waals surface area contributed by atoms with Gasteiger partial charge in [-0.15, -0.1) is 0 Å². The Morgan fingerprint density at radius 3 is 2.93 bits per heavy atom. The number of fused-ring (bicyclic) bond motifs is 2. The second-order valence-electron chi connectivity index (χ2n) is 6.52. The molecule has 142 valence electrons. The number of carboxylic acid groups (broad SMARTS) is 1. The Morgan fingerprint density at radius 2 is 2.19 bits per heavy atom. The van der Waals surface area contributed by atoms with Crippen LogP contribution in [0.25, 0.3) is 21.6 Å². The molecule has 2 aliphatic heterocycles. The van der Waals surface area contributed by atoms with Crippen LogP contribution < -0.4 is 5.32 Å². The molecule has 27 heavy (non-hydrogen) atoms. The lowest BCUT2D eigenvalue weighted by Crippen LogP contribution is -2.31. The van der Waals surface area contributed by atoms with Gasteiger partial charge in [-0.05, 0) is 19.4 Å². The van der Waals surface area contributed by atoms with Crippen molar-refractivity contribution >= 4 is 23.1 Å². The highest BCUT2D eigenvalue weighted by Crippen LogP contribution is 2.43. The van der Waals surface area contributed by atoms with Crippen molar-refractivity contribution < 1.29 is 24.1 Å². The van der Waals surface area contributed by atoms with Crippen LogP contribution in [0.5, 0.6) is 0 Å². The summed E-state index contributed by atoms with van der Waals surface area (Å²) in [6.07, 6.45) is -0.634. The fraction of sp³-hybridized carbons (Fsp3) is 0.571. The fourth-order valence-electron chi connectivity index (χ4n) is 3.38. The molecule has 2 saturated heterocycles. The molecular weight excluding hydrogens is 360 g/mol. The molecule has 2 N–H and O–H groups in total. The topological polar surface area (TPSA) is 169 Å². The summed E-state index contributed by atoms with van der Waals surface area (Å²) >= 11 is 0. The number of carbonyl (C=O) groups is 1. The third-order valence-corrected chi connectivity index (χ3v) is 4.31. The zero-order valence-electron chi connectivity index (χ0n) is 14.4. The average molecular weight is 376 g/mol. The lowest BCUT2D eigenvalue weighted by atomic mass is 10.1. The lowest BCUT2D eigenvalue weighted by Gasteiger charge is -2.24. The average Bonchev–Trinajstić information content (AvgIpc) is 3.24. The van der Waals surface area contributed by atoms with Gasteiger partial charge in [-0.1, -0.05) is 5.11 Å². The van der Waals surface area contributed by atoms with Gasteiger partial charge in [0.1, 0.15) is 18.5 Å². The molecule has 0 bridgehead atoms. The van der Waals surface area contributed by atoms with Crippen molar-refractivity contribution in [2.24, 2.45) is 5.11 Å². The maximum atomic E-state index is 10.9. The van der Waals surface area contributed by atoms with Gasteiger partial charge < -0.3 is 19.3 Å². The number of nitrogens with one attached hydrogen (secondary N) is 1. The zero-order valence-corrected chi connectivity index (χ0v) is 14.4. The summed E-state index contributed by atoms with van der Waals surface area (Å²) in [5.41, 5.74) is 9.25. The van der Waals surface area contributed by atoms with Crippen molar-refractivity contribution in [1.82, 2.24) is 19.5 Å². The second-order valence-corrected chi connectivity index (χ2v) is 6.52. The molecule has 0 aromatic carbocycles. The predicted molar refractivity (Wildman–Crippen MR) is 88.7 cm³/mol. The van der Waals surface area contributed by atoms with Crippen molar-refractivity contribution in [3.05, 3.63) is 23.1 Å². The SMILES string of the molecule is CC1(C)O[C@@H]2[C@H](O1)[C@@H](CN=[N+]=[N-])O[C@H]2n1cnc2c(NC(=O)O)ncnc21. The van der Waals surface area contributed by atoms with Gasteiger partial charge in [-0.25, -0.2) is 19.7 Å². The number of ether oxygens (including phenoxy) is 3. The quantitative estimate of drug-likeness (QED) is 0.461. The molecule has 0 unspecified atom stereocenters. The molecule has 0 spiro atoms. The highest BCUT2D eigenvalue weighted by Gasteiger charge is 2.55. The van der Waals surface area contributed by atoms with Gasteiger partial charge in [0.25, 0.3) is 0 Å². The van der Waals surface area contributed by atoms with Gasteiger partial charge in [0.05, 0.1) is 19.0 Å². The van der Waals surface area contributed by atoms with Crippen molar-refractivity contribution in [3.8, 4) is 0 Å². The van der Waals surface area contributed by atoms with E-state index in [-0.39, 0.29) is 17.9 Å². The largest absolute Gasteiger partial charge is 0.465 e. The first-order chi connectivity index (χ1) is 12.9. The van der Waals surface area contributed by atoms with Crippen molar-refractivity contribution in [2.75, 3.05) is 11.9 Å². The molecule has 0 aliphatic carbocycles. The number of hydrogen-bond acceptors (Lipinski definition) is 8. The smallest absolute Gasteiger partial charge is 0.410 e. The van der Waals surface area contributed by atoms with Crippen LogP contribution in [0.4, 0.5) is 10.6 Å². The fourth-order valence-corrected chi connectivity index (χ4v) is 3.38. The minimum absolute atomic E-state index is 0.0651. The number of hydrogen-bond donors (Lipinski definition) is 2. The number of nitrogens with zero attached hydrogens (tertiary/aromatic N) is 7. The first kappa shape index (κ1) is 17.4. The van der Waals surface area contributed by atoms with E-state index >= 15 is 0 Å². The monoisotopic (exact) mass is 376 g/mol. The van der Waals surface area contributed by atoms with Crippen LogP contribution in [0.1, 0.15) is 20.1 Å². The molecular formula is C14H16N8O5. The Labute approximate surface area is 151 Å². The summed E-state index contributed by atoms with van der Waals surface area (Å²) in [6, 6.07) is 0. The van der Waals surface area contributed by atoms with E-state index in [1.807, 2.05) is 0 Å². The van der Waals surface area contributed by atoms with Crippen molar-refractivity contribution in [3.63, 3.8) is 0 Å². The lowest BCUT2D eigenvalue weighted by molar-refractivity contribution is -0.195. The number of imidazole rings is 1. The van der Waals surface area contributed by atoms with Crippen LogP contribution >= 0.6 is 0 Å². The highest BCUT2D eigenvalue weighted by atomic mass is 16.8. The van der Waals surface area contributed by atoms with Crippen LogP contribution in [0, 0.1) is 0 Å². The summed E-state index contributed by atoms with van der Waals surface area (Å²) < 4.78 is 19.5. The number of rotatable bonds is 4. The van der Waals surface area contributed by atoms with Crippen LogP contribution in [0.3, 0.4) is 0 Å². The third kappa shape index (κ3) is 3.02. The van der Waals surface area contributed by atoms with Crippen molar-refractivity contribution in [1.29, 1.82) is 0 Å². The Hall–Kier alpha value is -2.99. The van der Waals surface area contributed by atoms with Crippen LogP contribution in [-0.4, -0.2) is 61.4 Å². The van der Waals surface area contributed by atoms with Crippen LogP contribution in [0.2, 0.25) is 0 Å². The maximum Gasteiger partial charge on any atom is 0.410 e. The molecule has 4 heterocycles. The third-order valence-electron chi connectivity index (χ3n) is 4.31. The Morgan fingerprint density at radius 1 is 1.41 bits per heavy atom. The van der Waals surface area contributed by atoms with Gasteiger partial charge >= 0.3 is 6.09 Å². The number of aromatic nitrogens is 4. The van der Waals surface area contributed by atoms with E-state index in [0.717, 1.165) is 0 Å². The number of amides is 1. The summed E-state index contributed by atoms with van der Waals surface area (Å²) in [6.45, 7) is 3.66. The predicted octanol–water partition coefficient (Wildman–Crippen LogP) is 1.64. The number of anilines is 1. The minimum Gasteiger partial charge on any atom is -0.465 e. The molecule has 0 radical (unpaired) electrons. The van der Waals surface area contributed by atoms with Gasteiger partial charge in [-0.2, -0.15) is 0 Å². The van der Waals surface area contributed by atoms with Gasteiger partial charge in [0.15, 0.2) is 29.0 Å². The van der Waals surface area contributed by atoms with E-state index in [9.17, 15) is 4.79 Å². The van der Waals surface area contributed by atoms with E-state index in [0.29, 0.717) is 5.65 Å².